The van der Waals surface area contributed by atoms with Crippen molar-refractivity contribution >= 4 is 28.0 Å². The van der Waals surface area contributed by atoms with Crippen LogP contribution in [0.1, 0.15) is 44.0 Å². The Morgan fingerprint density at radius 1 is 1.27 bits per heavy atom. The molecule has 9 N–H and O–H groups in total. The van der Waals surface area contributed by atoms with Gasteiger partial charge in [0.05, 0.1) is 20.9 Å². The third-order valence-corrected chi connectivity index (χ3v) is 5.88. The highest BCUT2D eigenvalue weighted by atomic mass is 32.1. The first-order valence-electron chi connectivity index (χ1n) is 8.12. The molecule has 26 heavy (non-hydrogen) atoms. The standard InChI is InChI=1S/C18H21N5O2S/c19-11(9-23-22)8-18(10-4-2-1-3-5-10)7-6-12-13(16(20)25)17(21)26-14(12)15(18)24/h1-5,9,23H,6-8,19,21-22H2,(H2,20,25)/b11-9-. The fourth-order valence-corrected chi connectivity index (χ4v) is 4.82. The first-order valence-corrected chi connectivity index (χ1v) is 8.94. The van der Waals surface area contributed by atoms with Crippen LogP contribution in [0.25, 0.3) is 0 Å². The largest absolute Gasteiger partial charge is 0.401 e. The van der Waals surface area contributed by atoms with Gasteiger partial charge in [0, 0.05) is 18.3 Å². The maximum absolute atomic E-state index is 13.5. The first kappa shape index (κ1) is 18.0. The number of nitrogens with one attached hydrogen (secondary N) is 1. The number of fused-ring (bicyclic) bond motifs is 1. The monoisotopic (exact) mass is 371 g/mol. The number of anilines is 1. The van der Waals surface area contributed by atoms with Crippen LogP contribution in [0.3, 0.4) is 0 Å². The SMILES string of the molecule is NN/C=C(\N)CC1(c2ccccc2)CCc2c(sc(N)c2C(N)=O)C1=O. The number of thiophene rings is 1. The van der Waals surface area contributed by atoms with Crippen LogP contribution in [0.4, 0.5) is 5.00 Å². The number of hydrogen-bond acceptors (Lipinski definition) is 7. The predicted octanol–water partition coefficient (Wildman–Crippen LogP) is 1.15. The van der Waals surface area contributed by atoms with Crippen molar-refractivity contribution in [1.82, 2.24) is 5.43 Å². The zero-order valence-corrected chi connectivity index (χ0v) is 14.9. The van der Waals surface area contributed by atoms with Crippen LogP contribution in [-0.4, -0.2) is 11.7 Å². The summed E-state index contributed by atoms with van der Waals surface area (Å²) in [5.74, 6) is 4.63. The van der Waals surface area contributed by atoms with E-state index in [9.17, 15) is 9.59 Å². The summed E-state index contributed by atoms with van der Waals surface area (Å²) >= 11 is 1.12. The van der Waals surface area contributed by atoms with E-state index in [2.05, 4.69) is 5.43 Å². The van der Waals surface area contributed by atoms with Crippen LogP contribution in [0.15, 0.2) is 42.2 Å². The van der Waals surface area contributed by atoms with Gasteiger partial charge in [0.25, 0.3) is 5.91 Å². The van der Waals surface area contributed by atoms with E-state index in [-0.39, 0.29) is 16.3 Å². The number of amides is 1. The Bertz CT molecular complexity index is 890. The third-order valence-electron chi connectivity index (χ3n) is 4.82. The van der Waals surface area contributed by atoms with Crippen molar-refractivity contribution in [3.63, 3.8) is 0 Å². The fourth-order valence-electron chi connectivity index (χ4n) is 3.66. The molecule has 1 atom stereocenters. The molecule has 0 radical (unpaired) electrons. The topological polar surface area (TPSA) is 150 Å². The first-order chi connectivity index (χ1) is 12.4. The molecule has 1 aliphatic carbocycles. The van der Waals surface area contributed by atoms with Gasteiger partial charge in [-0.15, -0.1) is 11.3 Å². The van der Waals surface area contributed by atoms with Gasteiger partial charge in [-0.1, -0.05) is 30.3 Å². The number of hydrogen-bond donors (Lipinski definition) is 5. The number of carbonyl (C=O) groups excluding carboxylic acids is 2. The number of rotatable bonds is 5. The van der Waals surface area contributed by atoms with Gasteiger partial charge < -0.3 is 22.6 Å². The molecule has 7 nitrogen and oxygen atoms in total. The van der Waals surface area contributed by atoms with E-state index >= 15 is 0 Å². The molecule has 3 rings (SSSR count). The van der Waals surface area contributed by atoms with E-state index in [1.165, 1.54) is 6.20 Å². The Morgan fingerprint density at radius 3 is 2.58 bits per heavy atom. The number of ketones is 1. The van der Waals surface area contributed by atoms with Crippen LogP contribution in [0.2, 0.25) is 0 Å². The summed E-state index contributed by atoms with van der Waals surface area (Å²) in [4.78, 5) is 25.8. The number of Topliss-reactive ketones (excluding diaryl/α,β-unsaturated/α-hetero) is 1. The number of carbonyl (C=O) groups is 2. The second kappa shape index (κ2) is 6.81. The maximum atomic E-state index is 13.5. The Labute approximate surface area is 155 Å². The normalized spacial score (nSPS) is 19.9. The highest BCUT2D eigenvalue weighted by molar-refractivity contribution is 7.18. The molecular formula is C18H21N5O2S. The van der Waals surface area contributed by atoms with Crippen molar-refractivity contribution in [1.29, 1.82) is 0 Å². The molecule has 1 aliphatic rings. The second-order valence-electron chi connectivity index (χ2n) is 6.35. The van der Waals surface area contributed by atoms with Crippen LogP contribution < -0.4 is 28.5 Å². The van der Waals surface area contributed by atoms with E-state index < -0.39 is 11.3 Å². The van der Waals surface area contributed by atoms with Gasteiger partial charge >= 0.3 is 0 Å². The highest BCUT2D eigenvalue weighted by Gasteiger charge is 2.46. The van der Waals surface area contributed by atoms with E-state index in [0.717, 1.165) is 16.9 Å². The lowest BCUT2D eigenvalue weighted by Gasteiger charge is -2.36. The molecule has 8 heteroatoms. The highest BCUT2D eigenvalue weighted by Crippen LogP contribution is 2.46. The molecule has 1 unspecified atom stereocenters. The molecule has 1 aromatic heterocycles. The Balaban J connectivity index is 2.15. The van der Waals surface area contributed by atoms with Gasteiger partial charge in [-0.2, -0.15) is 0 Å². The van der Waals surface area contributed by atoms with Gasteiger partial charge in [0.15, 0.2) is 5.78 Å². The van der Waals surface area contributed by atoms with Gasteiger partial charge in [-0.05, 0) is 24.0 Å². The van der Waals surface area contributed by atoms with E-state index in [1.807, 2.05) is 30.3 Å². The Kier molecular flexibility index (Phi) is 4.71. The zero-order chi connectivity index (χ0) is 18.9. The van der Waals surface area contributed by atoms with Crippen molar-refractivity contribution < 1.29 is 9.59 Å². The second-order valence-corrected chi connectivity index (χ2v) is 7.41. The molecule has 1 heterocycles. The Hall–Kier alpha value is -2.84. The molecule has 1 amide bonds. The lowest BCUT2D eigenvalue weighted by Crippen LogP contribution is -2.41. The summed E-state index contributed by atoms with van der Waals surface area (Å²) in [6, 6.07) is 9.50. The van der Waals surface area contributed by atoms with Crippen molar-refractivity contribution in [2.75, 3.05) is 5.73 Å². The smallest absolute Gasteiger partial charge is 0.251 e. The summed E-state index contributed by atoms with van der Waals surface area (Å²) in [5.41, 5.74) is 21.3. The summed E-state index contributed by atoms with van der Waals surface area (Å²) < 4.78 is 0. The van der Waals surface area contributed by atoms with E-state index in [1.54, 1.807) is 0 Å². The molecular weight excluding hydrogens is 350 g/mol. The third kappa shape index (κ3) is 2.83. The van der Waals surface area contributed by atoms with Crippen LogP contribution >= 0.6 is 11.3 Å². The zero-order valence-electron chi connectivity index (χ0n) is 14.1. The number of hydrazine groups is 1. The molecule has 2 aromatic rings. The summed E-state index contributed by atoms with van der Waals surface area (Å²) in [5, 5.41) is 0.284. The summed E-state index contributed by atoms with van der Waals surface area (Å²) in [7, 11) is 0. The van der Waals surface area contributed by atoms with Crippen molar-refractivity contribution in [3.8, 4) is 0 Å². The number of nitrogens with two attached hydrogens (primary N) is 4. The minimum absolute atomic E-state index is 0.0949. The number of primary amides is 1. The van der Waals surface area contributed by atoms with Crippen molar-refractivity contribution in [2.45, 2.75) is 24.7 Å². The lowest BCUT2D eigenvalue weighted by atomic mass is 9.66. The summed E-state index contributed by atoms with van der Waals surface area (Å²) in [6.07, 6.45) is 2.80. The number of nitrogen functional groups attached to an aromatic ring is 1. The van der Waals surface area contributed by atoms with Gasteiger partial charge in [0.1, 0.15) is 0 Å². The molecule has 0 spiro atoms. The van der Waals surface area contributed by atoms with Crippen molar-refractivity contribution in [3.05, 3.63) is 63.8 Å². The fraction of sp³-hybridized carbons (Fsp3) is 0.222. The molecule has 0 fully saturated rings. The molecule has 0 bridgehead atoms. The maximum Gasteiger partial charge on any atom is 0.251 e. The average Bonchev–Trinajstić information content (AvgIpc) is 2.95. The van der Waals surface area contributed by atoms with Crippen LogP contribution in [0.5, 0.6) is 0 Å². The summed E-state index contributed by atoms with van der Waals surface area (Å²) in [6.45, 7) is 0. The average molecular weight is 371 g/mol. The lowest BCUT2D eigenvalue weighted by molar-refractivity contribution is 0.0863. The van der Waals surface area contributed by atoms with Gasteiger partial charge in [-0.25, -0.2) is 0 Å². The predicted molar refractivity (Wildman–Crippen MR) is 102 cm³/mol. The molecule has 0 saturated carbocycles. The molecule has 0 saturated heterocycles. The van der Waals surface area contributed by atoms with Crippen molar-refractivity contribution in [2.24, 2.45) is 17.3 Å². The van der Waals surface area contributed by atoms with E-state index in [0.29, 0.717) is 35.4 Å². The number of benzene rings is 1. The molecule has 0 aliphatic heterocycles. The minimum atomic E-state index is -0.835. The molecule has 1 aromatic carbocycles. The van der Waals surface area contributed by atoms with Gasteiger partial charge in [-0.3, -0.25) is 15.4 Å². The Morgan fingerprint density at radius 2 is 1.96 bits per heavy atom. The van der Waals surface area contributed by atoms with Crippen LogP contribution in [-0.2, 0) is 11.8 Å². The van der Waals surface area contributed by atoms with E-state index in [4.69, 9.17) is 23.0 Å². The van der Waals surface area contributed by atoms with Gasteiger partial charge in [0.2, 0.25) is 0 Å². The minimum Gasteiger partial charge on any atom is -0.401 e. The number of allylic oxidation sites excluding steroid dienone is 1. The quantitative estimate of drug-likeness (QED) is 0.393. The molecule has 136 valence electrons. The van der Waals surface area contributed by atoms with Crippen LogP contribution in [0, 0.1) is 0 Å².